The number of rotatable bonds is 0. The molecule has 15 heavy (non-hydrogen) atoms. The molecule has 1 aliphatic carbocycles. The van der Waals surface area contributed by atoms with Crippen LogP contribution in [0.25, 0.3) is 0 Å². The van der Waals surface area contributed by atoms with Gasteiger partial charge in [0.1, 0.15) is 5.54 Å². The van der Waals surface area contributed by atoms with Crippen molar-refractivity contribution in [3.63, 3.8) is 0 Å². The van der Waals surface area contributed by atoms with Gasteiger partial charge in [-0.3, -0.25) is 0 Å². The standard InChI is InChI=1S/C7H12N2.C2H2O4/c8-6-7(9)4-2-1-3-5-7;3-1(4)2(5)6/h1-5,9H2;(H,3,4)(H,5,6). The van der Waals surface area contributed by atoms with Gasteiger partial charge in [-0.05, 0) is 12.8 Å². The third-order valence-corrected chi connectivity index (χ3v) is 2.15. The molecule has 1 saturated carbocycles. The summed E-state index contributed by atoms with van der Waals surface area (Å²) in [7, 11) is 0. The number of nitrogens with two attached hydrogens (primary N) is 1. The van der Waals surface area contributed by atoms with Gasteiger partial charge in [0.2, 0.25) is 0 Å². The van der Waals surface area contributed by atoms with Gasteiger partial charge in [0.05, 0.1) is 6.07 Å². The van der Waals surface area contributed by atoms with Crippen LogP contribution in [0, 0.1) is 11.3 Å². The lowest BCUT2D eigenvalue weighted by Crippen LogP contribution is -2.39. The Morgan fingerprint density at radius 2 is 1.53 bits per heavy atom. The lowest BCUT2D eigenvalue weighted by molar-refractivity contribution is -0.159. The van der Waals surface area contributed by atoms with Crippen molar-refractivity contribution in [2.24, 2.45) is 5.73 Å². The second-order valence-electron chi connectivity index (χ2n) is 3.44. The second kappa shape index (κ2) is 5.98. The van der Waals surface area contributed by atoms with Crippen LogP contribution in [0.5, 0.6) is 0 Å². The first kappa shape index (κ1) is 13.4. The Bertz CT molecular complexity index is 264. The minimum atomic E-state index is -1.82. The minimum Gasteiger partial charge on any atom is -0.473 e. The van der Waals surface area contributed by atoms with Crippen molar-refractivity contribution in [3.8, 4) is 6.07 Å². The minimum absolute atomic E-state index is 0.474. The van der Waals surface area contributed by atoms with Crippen molar-refractivity contribution >= 4 is 11.9 Å². The summed E-state index contributed by atoms with van der Waals surface area (Å²) in [6.07, 6.45) is 5.29. The third-order valence-electron chi connectivity index (χ3n) is 2.15. The van der Waals surface area contributed by atoms with Crippen LogP contribution in [0.3, 0.4) is 0 Å². The van der Waals surface area contributed by atoms with E-state index >= 15 is 0 Å². The van der Waals surface area contributed by atoms with Gasteiger partial charge in [-0.2, -0.15) is 5.26 Å². The molecule has 0 radical (unpaired) electrons. The van der Waals surface area contributed by atoms with Crippen LogP contribution in [0.15, 0.2) is 0 Å². The predicted molar refractivity (Wildman–Crippen MR) is 50.9 cm³/mol. The van der Waals surface area contributed by atoms with E-state index < -0.39 is 17.5 Å². The van der Waals surface area contributed by atoms with Crippen molar-refractivity contribution in [2.45, 2.75) is 37.6 Å². The molecular weight excluding hydrogens is 200 g/mol. The molecule has 0 unspecified atom stereocenters. The van der Waals surface area contributed by atoms with Gasteiger partial charge in [-0.25, -0.2) is 9.59 Å². The van der Waals surface area contributed by atoms with Crippen LogP contribution < -0.4 is 5.73 Å². The summed E-state index contributed by atoms with van der Waals surface area (Å²) >= 11 is 0. The number of carboxylic acids is 2. The predicted octanol–water partition coefficient (Wildman–Crippen LogP) is 0.327. The van der Waals surface area contributed by atoms with E-state index in [4.69, 9.17) is 30.8 Å². The number of hydrogen-bond donors (Lipinski definition) is 3. The first-order valence-corrected chi connectivity index (χ1v) is 4.57. The normalized spacial score (nSPS) is 17.9. The Labute approximate surface area is 87.3 Å². The Morgan fingerprint density at radius 1 is 1.13 bits per heavy atom. The van der Waals surface area contributed by atoms with Crippen molar-refractivity contribution in [3.05, 3.63) is 0 Å². The van der Waals surface area contributed by atoms with Gasteiger partial charge in [-0.1, -0.05) is 19.3 Å². The molecule has 0 atom stereocenters. The fraction of sp³-hybridized carbons (Fsp3) is 0.667. The fourth-order valence-corrected chi connectivity index (χ4v) is 1.29. The molecule has 1 rings (SSSR count). The molecule has 0 aromatic rings. The lowest BCUT2D eigenvalue weighted by Gasteiger charge is -2.25. The largest absolute Gasteiger partial charge is 0.473 e. The van der Waals surface area contributed by atoms with Crippen LogP contribution in [-0.4, -0.2) is 27.7 Å². The van der Waals surface area contributed by atoms with Gasteiger partial charge in [0, 0.05) is 0 Å². The van der Waals surface area contributed by atoms with Gasteiger partial charge in [0.25, 0.3) is 0 Å². The quantitative estimate of drug-likeness (QED) is 0.499. The number of hydrogen-bond acceptors (Lipinski definition) is 4. The summed E-state index contributed by atoms with van der Waals surface area (Å²) in [6.45, 7) is 0. The van der Waals surface area contributed by atoms with Crippen molar-refractivity contribution in [1.82, 2.24) is 0 Å². The summed E-state index contributed by atoms with van der Waals surface area (Å²) in [5.41, 5.74) is 5.22. The number of nitrogens with zero attached hydrogens (tertiary/aromatic N) is 1. The van der Waals surface area contributed by atoms with Gasteiger partial charge in [0.15, 0.2) is 0 Å². The second-order valence-corrected chi connectivity index (χ2v) is 3.44. The highest BCUT2D eigenvalue weighted by atomic mass is 16.4. The molecule has 0 saturated heterocycles. The van der Waals surface area contributed by atoms with Crippen molar-refractivity contribution in [1.29, 1.82) is 5.26 Å². The summed E-state index contributed by atoms with van der Waals surface area (Å²) in [5.74, 6) is -3.65. The zero-order valence-electron chi connectivity index (χ0n) is 8.27. The molecule has 0 amide bonds. The molecule has 0 heterocycles. The summed E-state index contributed by atoms with van der Waals surface area (Å²) in [6, 6.07) is 2.16. The molecule has 84 valence electrons. The van der Waals surface area contributed by atoms with Crippen LogP contribution in [0.4, 0.5) is 0 Å². The average molecular weight is 214 g/mol. The molecule has 6 nitrogen and oxygen atoms in total. The van der Waals surface area contributed by atoms with E-state index in [1.807, 2.05) is 0 Å². The van der Waals surface area contributed by atoms with Crippen molar-refractivity contribution < 1.29 is 19.8 Å². The lowest BCUT2D eigenvalue weighted by atomic mass is 9.84. The zero-order valence-corrected chi connectivity index (χ0v) is 8.27. The molecule has 1 aliphatic rings. The molecular formula is C9H14N2O4. The summed E-state index contributed by atoms with van der Waals surface area (Å²) < 4.78 is 0. The Kier molecular flexibility index (Phi) is 5.34. The third kappa shape index (κ3) is 5.65. The van der Waals surface area contributed by atoms with Crippen LogP contribution >= 0.6 is 0 Å². The van der Waals surface area contributed by atoms with E-state index in [2.05, 4.69) is 6.07 Å². The summed E-state index contributed by atoms with van der Waals surface area (Å²) in [4.78, 5) is 18.2. The van der Waals surface area contributed by atoms with E-state index in [1.54, 1.807) is 0 Å². The maximum Gasteiger partial charge on any atom is 0.414 e. The first-order valence-electron chi connectivity index (χ1n) is 4.57. The number of aliphatic carboxylic acids is 2. The molecule has 6 heteroatoms. The highest BCUT2D eigenvalue weighted by Crippen LogP contribution is 2.24. The van der Waals surface area contributed by atoms with E-state index in [0.29, 0.717) is 0 Å². The van der Waals surface area contributed by atoms with Gasteiger partial charge >= 0.3 is 11.9 Å². The van der Waals surface area contributed by atoms with Crippen molar-refractivity contribution in [2.75, 3.05) is 0 Å². The Balaban J connectivity index is 0.000000288. The van der Waals surface area contributed by atoms with E-state index in [0.717, 1.165) is 25.7 Å². The van der Waals surface area contributed by atoms with E-state index in [-0.39, 0.29) is 0 Å². The van der Waals surface area contributed by atoms with E-state index in [9.17, 15) is 0 Å². The number of carboxylic acid groups (broad SMARTS) is 2. The smallest absolute Gasteiger partial charge is 0.414 e. The summed E-state index contributed by atoms with van der Waals surface area (Å²) in [5, 5.41) is 23.4. The monoisotopic (exact) mass is 214 g/mol. The maximum atomic E-state index is 9.10. The van der Waals surface area contributed by atoms with Gasteiger partial charge in [-0.15, -0.1) is 0 Å². The SMILES string of the molecule is N#CC1(N)CCCCC1.O=C(O)C(=O)O. The molecule has 1 fully saturated rings. The first-order chi connectivity index (χ1) is 6.91. The average Bonchev–Trinajstić information content (AvgIpc) is 2.20. The Morgan fingerprint density at radius 3 is 1.73 bits per heavy atom. The van der Waals surface area contributed by atoms with Crippen LogP contribution in [-0.2, 0) is 9.59 Å². The zero-order chi connectivity index (χ0) is 11.9. The molecule has 0 aromatic carbocycles. The van der Waals surface area contributed by atoms with Crippen LogP contribution in [0.1, 0.15) is 32.1 Å². The maximum absolute atomic E-state index is 9.10. The number of carbonyl (C=O) groups is 2. The highest BCUT2D eigenvalue weighted by Gasteiger charge is 2.26. The Hall–Kier alpha value is -1.61. The molecule has 0 aliphatic heterocycles. The number of nitriles is 1. The molecule has 0 spiro atoms. The van der Waals surface area contributed by atoms with Gasteiger partial charge < -0.3 is 15.9 Å². The van der Waals surface area contributed by atoms with E-state index in [1.165, 1.54) is 6.42 Å². The topological polar surface area (TPSA) is 124 Å². The molecule has 4 N–H and O–H groups in total. The highest BCUT2D eigenvalue weighted by molar-refractivity contribution is 6.27. The van der Waals surface area contributed by atoms with Crippen LogP contribution in [0.2, 0.25) is 0 Å². The molecule has 0 aromatic heterocycles. The molecule has 0 bridgehead atoms. The fourth-order valence-electron chi connectivity index (χ4n) is 1.29.